The molecule has 23 heavy (non-hydrogen) atoms. The van der Waals surface area contributed by atoms with E-state index in [1.54, 1.807) is 48.6 Å². The fourth-order valence-corrected chi connectivity index (χ4v) is 1.79. The van der Waals surface area contributed by atoms with Crippen LogP contribution in [0.15, 0.2) is 59.7 Å². The highest BCUT2D eigenvalue weighted by molar-refractivity contribution is 6.30. The lowest BCUT2D eigenvalue weighted by molar-refractivity contribution is -0.384. The van der Waals surface area contributed by atoms with Gasteiger partial charge in [0.1, 0.15) is 0 Å². The van der Waals surface area contributed by atoms with E-state index >= 15 is 0 Å². The van der Waals surface area contributed by atoms with Crippen LogP contribution in [0.25, 0.3) is 6.08 Å². The summed E-state index contributed by atoms with van der Waals surface area (Å²) in [7, 11) is 0. The number of nitro benzene ring substituents is 1. The summed E-state index contributed by atoms with van der Waals surface area (Å²) < 4.78 is 0. The minimum absolute atomic E-state index is 0.0334. The van der Waals surface area contributed by atoms with Crippen molar-refractivity contribution in [2.24, 2.45) is 5.10 Å². The largest absolute Gasteiger partial charge is 0.271 e. The molecule has 6 nitrogen and oxygen atoms in total. The Morgan fingerprint density at radius 1 is 1.13 bits per heavy atom. The molecular formula is C16H12ClN3O3. The van der Waals surface area contributed by atoms with E-state index in [9.17, 15) is 14.9 Å². The van der Waals surface area contributed by atoms with E-state index in [-0.39, 0.29) is 11.6 Å². The van der Waals surface area contributed by atoms with Crippen LogP contribution in [-0.4, -0.2) is 17.0 Å². The molecule has 0 saturated heterocycles. The molecule has 0 spiro atoms. The molecule has 116 valence electrons. The molecule has 0 aromatic heterocycles. The Morgan fingerprint density at radius 2 is 1.78 bits per heavy atom. The van der Waals surface area contributed by atoms with Crippen LogP contribution < -0.4 is 5.43 Å². The summed E-state index contributed by atoms with van der Waals surface area (Å²) in [6.45, 7) is 0. The van der Waals surface area contributed by atoms with Crippen molar-refractivity contribution in [3.05, 3.63) is 80.9 Å². The van der Waals surface area contributed by atoms with Crippen molar-refractivity contribution in [2.45, 2.75) is 0 Å². The average molecular weight is 330 g/mol. The molecule has 1 N–H and O–H groups in total. The van der Waals surface area contributed by atoms with Crippen LogP contribution in [0.5, 0.6) is 0 Å². The van der Waals surface area contributed by atoms with Crippen LogP contribution in [-0.2, 0) is 0 Å². The van der Waals surface area contributed by atoms with E-state index in [0.29, 0.717) is 10.6 Å². The molecule has 0 unspecified atom stereocenters. The third kappa shape index (κ3) is 5.05. The maximum atomic E-state index is 11.7. The van der Waals surface area contributed by atoms with Gasteiger partial charge in [0.2, 0.25) is 0 Å². The predicted molar refractivity (Wildman–Crippen MR) is 89.5 cm³/mol. The highest BCUT2D eigenvalue weighted by Gasteiger charge is 2.03. The minimum atomic E-state index is -0.457. The first-order valence-electron chi connectivity index (χ1n) is 6.56. The van der Waals surface area contributed by atoms with Gasteiger partial charge in [-0.3, -0.25) is 14.9 Å². The number of allylic oxidation sites excluding steroid dienone is 1. The highest BCUT2D eigenvalue weighted by atomic mass is 35.5. The fourth-order valence-electron chi connectivity index (χ4n) is 1.67. The molecule has 0 aliphatic heterocycles. The van der Waals surface area contributed by atoms with Gasteiger partial charge < -0.3 is 0 Å². The summed E-state index contributed by atoms with van der Waals surface area (Å²) in [5.74, 6) is -0.346. The number of amides is 1. The molecule has 7 heteroatoms. The van der Waals surface area contributed by atoms with Crippen molar-refractivity contribution in [1.29, 1.82) is 0 Å². The van der Waals surface area contributed by atoms with Gasteiger partial charge >= 0.3 is 0 Å². The van der Waals surface area contributed by atoms with Crippen molar-refractivity contribution >= 4 is 35.5 Å². The second kappa shape index (κ2) is 7.86. The molecule has 0 aliphatic rings. The Kier molecular flexibility index (Phi) is 5.60. The molecule has 1 amide bonds. The van der Waals surface area contributed by atoms with Gasteiger partial charge in [-0.1, -0.05) is 17.7 Å². The second-order valence-electron chi connectivity index (χ2n) is 4.43. The Morgan fingerprint density at radius 3 is 2.39 bits per heavy atom. The number of non-ortho nitro benzene ring substituents is 1. The number of nitro groups is 1. The molecule has 0 aliphatic carbocycles. The van der Waals surface area contributed by atoms with Crippen LogP contribution in [0.3, 0.4) is 0 Å². The van der Waals surface area contributed by atoms with Crippen molar-refractivity contribution in [2.75, 3.05) is 0 Å². The van der Waals surface area contributed by atoms with Crippen molar-refractivity contribution in [3.63, 3.8) is 0 Å². The van der Waals surface area contributed by atoms with E-state index in [4.69, 9.17) is 11.6 Å². The third-order valence-electron chi connectivity index (χ3n) is 2.83. The van der Waals surface area contributed by atoms with E-state index in [1.165, 1.54) is 18.3 Å². The van der Waals surface area contributed by atoms with Gasteiger partial charge in [-0.15, -0.1) is 0 Å². The smallest absolute Gasteiger partial charge is 0.267 e. The number of halogens is 1. The number of hydrazone groups is 1. The Balaban J connectivity index is 1.87. The summed E-state index contributed by atoms with van der Waals surface area (Å²) in [6, 6.07) is 12.5. The molecule has 0 atom stereocenters. The Bertz CT molecular complexity index is 753. The van der Waals surface area contributed by atoms with Crippen molar-refractivity contribution < 1.29 is 9.72 Å². The number of benzene rings is 2. The number of carbonyl (C=O) groups excluding carboxylic acids is 1. The monoisotopic (exact) mass is 329 g/mol. The summed E-state index contributed by atoms with van der Waals surface area (Å²) in [5, 5.41) is 14.9. The fraction of sp³-hybridized carbons (Fsp3) is 0. The van der Waals surface area contributed by atoms with Gasteiger partial charge in [0.15, 0.2) is 0 Å². The molecule has 0 radical (unpaired) electrons. The summed E-state index contributed by atoms with van der Waals surface area (Å²) in [5.41, 5.74) is 3.64. The maximum absolute atomic E-state index is 11.7. The highest BCUT2D eigenvalue weighted by Crippen LogP contribution is 2.12. The molecule has 0 saturated carbocycles. The van der Waals surface area contributed by atoms with Gasteiger partial charge in [0, 0.05) is 28.9 Å². The van der Waals surface area contributed by atoms with Crippen LogP contribution in [0.1, 0.15) is 15.9 Å². The van der Waals surface area contributed by atoms with E-state index in [1.807, 2.05) is 0 Å². The first-order chi connectivity index (χ1) is 11.1. The molecule has 2 aromatic carbocycles. The third-order valence-corrected chi connectivity index (χ3v) is 3.08. The number of hydrogen-bond acceptors (Lipinski definition) is 4. The maximum Gasteiger partial charge on any atom is 0.271 e. The average Bonchev–Trinajstić information content (AvgIpc) is 2.55. The van der Waals surface area contributed by atoms with Crippen molar-refractivity contribution in [3.8, 4) is 0 Å². The summed E-state index contributed by atoms with van der Waals surface area (Å²) in [6.07, 6.45) is 4.74. The van der Waals surface area contributed by atoms with Crippen LogP contribution in [0, 0.1) is 10.1 Å². The zero-order valence-corrected chi connectivity index (χ0v) is 12.6. The van der Waals surface area contributed by atoms with Crippen molar-refractivity contribution in [1.82, 2.24) is 5.43 Å². The lowest BCUT2D eigenvalue weighted by atomic mass is 10.2. The molecule has 2 aromatic rings. The lowest BCUT2D eigenvalue weighted by Crippen LogP contribution is -2.17. The zero-order chi connectivity index (χ0) is 16.7. The zero-order valence-electron chi connectivity index (χ0n) is 11.8. The summed E-state index contributed by atoms with van der Waals surface area (Å²) >= 11 is 5.74. The number of nitrogens with zero attached hydrogens (tertiary/aromatic N) is 2. The van der Waals surface area contributed by atoms with E-state index < -0.39 is 4.92 Å². The van der Waals surface area contributed by atoms with Gasteiger partial charge in [-0.05, 0) is 48.0 Å². The molecule has 0 bridgehead atoms. The topological polar surface area (TPSA) is 84.6 Å². The van der Waals surface area contributed by atoms with Gasteiger partial charge in [0.05, 0.1) is 4.92 Å². The number of carbonyl (C=O) groups is 1. The predicted octanol–water partition coefficient (Wildman–Crippen LogP) is 3.68. The molecular weight excluding hydrogens is 318 g/mol. The first-order valence-corrected chi connectivity index (χ1v) is 6.94. The van der Waals surface area contributed by atoms with Crippen LogP contribution >= 0.6 is 11.6 Å². The Hall–Kier alpha value is -2.99. The quantitative estimate of drug-likeness (QED) is 0.516. The first kappa shape index (κ1) is 16.4. The standard InChI is InChI=1S/C16H12ClN3O3/c17-14-7-5-13(6-8-14)16(21)19-18-11-1-2-12-3-9-15(10-4-12)20(22)23/h1-11H,(H,19,21)/b2-1+,18-11-. The lowest BCUT2D eigenvalue weighted by Gasteiger charge is -1.98. The normalized spacial score (nSPS) is 11.0. The van der Waals surface area contributed by atoms with Gasteiger partial charge in [-0.25, -0.2) is 5.43 Å². The van der Waals surface area contributed by atoms with E-state index in [0.717, 1.165) is 5.56 Å². The SMILES string of the molecule is O=C(N/N=C\C=C\c1ccc([N+](=O)[O-])cc1)c1ccc(Cl)cc1. The molecule has 0 fully saturated rings. The number of hydrogen-bond donors (Lipinski definition) is 1. The summed E-state index contributed by atoms with van der Waals surface area (Å²) in [4.78, 5) is 21.8. The minimum Gasteiger partial charge on any atom is -0.267 e. The molecule has 2 rings (SSSR count). The number of nitrogens with one attached hydrogen (secondary N) is 1. The Labute approximate surface area is 137 Å². The van der Waals surface area contributed by atoms with Gasteiger partial charge in [0.25, 0.3) is 11.6 Å². The van der Waals surface area contributed by atoms with E-state index in [2.05, 4.69) is 10.5 Å². The number of rotatable bonds is 5. The van der Waals surface area contributed by atoms with Crippen LogP contribution in [0.2, 0.25) is 5.02 Å². The second-order valence-corrected chi connectivity index (χ2v) is 4.87. The van der Waals surface area contributed by atoms with Crippen LogP contribution in [0.4, 0.5) is 5.69 Å². The molecule has 0 heterocycles. The van der Waals surface area contributed by atoms with Gasteiger partial charge in [-0.2, -0.15) is 5.10 Å².